The number of ether oxygens (including phenoxy) is 2. The van der Waals surface area contributed by atoms with E-state index in [9.17, 15) is 4.79 Å². The molecule has 0 spiro atoms. The molecule has 0 fully saturated rings. The van der Waals surface area contributed by atoms with E-state index >= 15 is 0 Å². The Kier molecular flexibility index (Phi) is 4.94. The van der Waals surface area contributed by atoms with Gasteiger partial charge in [-0.1, -0.05) is 17.3 Å². The first-order chi connectivity index (χ1) is 10.2. The Morgan fingerprint density at radius 1 is 1.38 bits per heavy atom. The Bertz CT molecular complexity index is 609. The molecule has 21 heavy (non-hydrogen) atoms. The van der Waals surface area contributed by atoms with Gasteiger partial charge in [0.05, 0.1) is 19.3 Å². The van der Waals surface area contributed by atoms with Crippen molar-refractivity contribution in [2.45, 2.75) is 13.0 Å². The topological polar surface area (TPSA) is 73.6 Å². The van der Waals surface area contributed by atoms with Crippen LogP contribution in [0.4, 0.5) is 0 Å². The quantitative estimate of drug-likeness (QED) is 0.882. The summed E-state index contributed by atoms with van der Waals surface area (Å²) in [5.74, 6) is 0.842. The van der Waals surface area contributed by atoms with E-state index in [0.29, 0.717) is 18.1 Å². The highest BCUT2D eigenvalue weighted by atomic mass is 16.5. The summed E-state index contributed by atoms with van der Waals surface area (Å²) in [7, 11) is 3.16. The lowest BCUT2D eigenvalue weighted by atomic mass is 10.1. The van der Waals surface area contributed by atoms with Crippen molar-refractivity contribution in [1.29, 1.82) is 0 Å². The zero-order valence-electron chi connectivity index (χ0n) is 12.3. The summed E-state index contributed by atoms with van der Waals surface area (Å²) in [6.07, 6.45) is 0. The minimum Gasteiger partial charge on any atom is -0.496 e. The maximum atomic E-state index is 12.0. The second kappa shape index (κ2) is 6.90. The fourth-order valence-electron chi connectivity index (χ4n) is 1.95. The predicted octanol–water partition coefficient (Wildman–Crippen LogP) is 2.11. The van der Waals surface area contributed by atoms with E-state index in [4.69, 9.17) is 14.0 Å². The summed E-state index contributed by atoms with van der Waals surface area (Å²) < 4.78 is 15.5. The molecule has 1 aromatic heterocycles. The van der Waals surface area contributed by atoms with Crippen LogP contribution in [0.5, 0.6) is 5.75 Å². The zero-order valence-corrected chi connectivity index (χ0v) is 12.3. The lowest BCUT2D eigenvalue weighted by Crippen LogP contribution is -2.35. The molecule has 1 heterocycles. The molecule has 1 atom stereocenters. The number of carbonyl (C=O) groups is 1. The van der Waals surface area contributed by atoms with Crippen LogP contribution in [0.1, 0.15) is 17.4 Å². The number of benzene rings is 1. The Labute approximate surface area is 123 Å². The Balaban J connectivity index is 2.16. The molecule has 0 aliphatic rings. The van der Waals surface area contributed by atoms with Crippen LogP contribution in [0.3, 0.4) is 0 Å². The van der Waals surface area contributed by atoms with Crippen LogP contribution < -0.4 is 10.1 Å². The highest BCUT2D eigenvalue weighted by Crippen LogP contribution is 2.29. The van der Waals surface area contributed by atoms with Crippen molar-refractivity contribution in [3.8, 4) is 17.1 Å². The molecule has 1 amide bonds. The summed E-state index contributed by atoms with van der Waals surface area (Å²) in [6.45, 7) is 2.28. The van der Waals surface area contributed by atoms with Crippen LogP contribution in [0.2, 0.25) is 0 Å². The first-order valence-electron chi connectivity index (χ1n) is 6.55. The third kappa shape index (κ3) is 3.61. The molecular formula is C15H18N2O4. The van der Waals surface area contributed by atoms with Crippen LogP contribution in [0.25, 0.3) is 11.3 Å². The number of hydrogen-bond acceptors (Lipinski definition) is 5. The van der Waals surface area contributed by atoms with Gasteiger partial charge in [-0.15, -0.1) is 0 Å². The first-order valence-corrected chi connectivity index (χ1v) is 6.55. The summed E-state index contributed by atoms with van der Waals surface area (Å²) >= 11 is 0. The molecule has 0 saturated heterocycles. The Morgan fingerprint density at radius 2 is 2.14 bits per heavy atom. The van der Waals surface area contributed by atoms with Crippen LogP contribution in [-0.4, -0.2) is 37.9 Å². The molecule has 112 valence electrons. The van der Waals surface area contributed by atoms with E-state index in [2.05, 4.69) is 10.5 Å². The van der Waals surface area contributed by atoms with Gasteiger partial charge in [0.1, 0.15) is 5.75 Å². The monoisotopic (exact) mass is 290 g/mol. The molecule has 2 aromatic rings. The van der Waals surface area contributed by atoms with Gasteiger partial charge in [0.25, 0.3) is 5.91 Å². The molecule has 1 N–H and O–H groups in total. The molecule has 0 bridgehead atoms. The number of aromatic nitrogens is 1. The molecule has 2 rings (SSSR count). The lowest BCUT2D eigenvalue weighted by molar-refractivity contribution is 0.0896. The van der Waals surface area contributed by atoms with E-state index in [0.717, 1.165) is 5.56 Å². The number of carbonyl (C=O) groups excluding carboxylic acids is 1. The fraction of sp³-hybridized carbons (Fsp3) is 0.333. The minimum atomic E-state index is -0.301. The molecule has 0 aliphatic heterocycles. The van der Waals surface area contributed by atoms with Gasteiger partial charge in [-0.25, -0.2) is 0 Å². The van der Waals surface area contributed by atoms with Crippen molar-refractivity contribution in [3.05, 3.63) is 36.0 Å². The number of methoxy groups -OCH3 is 2. The van der Waals surface area contributed by atoms with Crippen LogP contribution in [0, 0.1) is 0 Å². The van der Waals surface area contributed by atoms with E-state index in [-0.39, 0.29) is 17.6 Å². The molecule has 6 nitrogen and oxygen atoms in total. The third-order valence-electron chi connectivity index (χ3n) is 2.91. The van der Waals surface area contributed by atoms with E-state index in [1.807, 2.05) is 31.2 Å². The van der Waals surface area contributed by atoms with Gasteiger partial charge in [0.2, 0.25) is 0 Å². The molecule has 0 unspecified atom stereocenters. The smallest absolute Gasteiger partial charge is 0.273 e. The van der Waals surface area contributed by atoms with Gasteiger partial charge < -0.3 is 19.3 Å². The van der Waals surface area contributed by atoms with Crippen LogP contribution in [-0.2, 0) is 4.74 Å². The number of nitrogens with zero attached hydrogens (tertiary/aromatic N) is 1. The highest BCUT2D eigenvalue weighted by molar-refractivity contribution is 5.93. The largest absolute Gasteiger partial charge is 0.496 e. The molecule has 0 aliphatic carbocycles. The normalized spacial score (nSPS) is 12.0. The van der Waals surface area contributed by atoms with Gasteiger partial charge >= 0.3 is 0 Å². The van der Waals surface area contributed by atoms with E-state index < -0.39 is 0 Å². The number of amides is 1. The summed E-state index contributed by atoms with van der Waals surface area (Å²) in [4.78, 5) is 12.0. The summed E-state index contributed by atoms with van der Waals surface area (Å²) in [5.41, 5.74) is 0.968. The second-order valence-electron chi connectivity index (χ2n) is 4.61. The van der Waals surface area contributed by atoms with E-state index in [1.165, 1.54) is 0 Å². The lowest BCUT2D eigenvalue weighted by Gasteiger charge is -2.10. The van der Waals surface area contributed by atoms with Crippen LogP contribution in [0.15, 0.2) is 34.9 Å². The minimum absolute atomic E-state index is 0.103. The SMILES string of the molecule is COC[C@@H](C)NC(=O)c1cc(-c2ccccc2OC)on1. The third-order valence-corrected chi connectivity index (χ3v) is 2.91. The molecular weight excluding hydrogens is 272 g/mol. The number of nitrogens with one attached hydrogen (secondary N) is 1. The average Bonchev–Trinajstić information content (AvgIpc) is 2.97. The maximum Gasteiger partial charge on any atom is 0.273 e. The van der Waals surface area contributed by atoms with Crippen molar-refractivity contribution in [3.63, 3.8) is 0 Å². The number of hydrogen-bond donors (Lipinski definition) is 1. The molecule has 0 radical (unpaired) electrons. The van der Waals surface area contributed by atoms with Gasteiger partial charge in [0, 0.05) is 19.2 Å². The molecule has 6 heteroatoms. The molecule has 1 aromatic carbocycles. The Hall–Kier alpha value is -2.34. The zero-order chi connectivity index (χ0) is 15.2. The van der Waals surface area contributed by atoms with Gasteiger partial charge in [-0.05, 0) is 19.1 Å². The van der Waals surface area contributed by atoms with Crippen molar-refractivity contribution < 1.29 is 18.8 Å². The molecule has 0 saturated carbocycles. The van der Waals surface area contributed by atoms with Gasteiger partial charge in [0.15, 0.2) is 11.5 Å². The van der Waals surface area contributed by atoms with Crippen molar-refractivity contribution >= 4 is 5.91 Å². The van der Waals surface area contributed by atoms with Crippen LogP contribution >= 0.6 is 0 Å². The van der Waals surface area contributed by atoms with Crippen molar-refractivity contribution in [2.75, 3.05) is 20.8 Å². The number of rotatable bonds is 6. The second-order valence-corrected chi connectivity index (χ2v) is 4.61. The summed E-state index contributed by atoms with van der Waals surface area (Å²) in [5, 5.41) is 6.57. The fourth-order valence-corrected chi connectivity index (χ4v) is 1.95. The van der Waals surface area contributed by atoms with Crippen molar-refractivity contribution in [1.82, 2.24) is 10.5 Å². The standard InChI is InChI=1S/C15H18N2O4/c1-10(9-19-2)16-15(18)12-8-14(21-17-12)11-6-4-5-7-13(11)20-3/h4-8,10H,9H2,1-3H3,(H,16,18)/t10-/m1/s1. The number of para-hydroxylation sites is 1. The predicted molar refractivity (Wildman–Crippen MR) is 77.3 cm³/mol. The van der Waals surface area contributed by atoms with Gasteiger partial charge in [-0.2, -0.15) is 0 Å². The average molecular weight is 290 g/mol. The maximum absolute atomic E-state index is 12.0. The van der Waals surface area contributed by atoms with Gasteiger partial charge in [-0.3, -0.25) is 4.79 Å². The summed E-state index contributed by atoms with van der Waals surface area (Å²) in [6, 6.07) is 8.87. The highest BCUT2D eigenvalue weighted by Gasteiger charge is 2.17. The Morgan fingerprint density at radius 3 is 2.86 bits per heavy atom. The van der Waals surface area contributed by atoms with E-state index in [1.54, 1.807) is 20.3 Å². The van der Waals surface area contributed by atoms with Crippen molar-refractivity contribution in [2.24, 2.45) is 0 Å². The first kappa shape index (κ1) is 15.1.